The number of hydrogen-bond acceptors (Lipinski definition) is 2. The molecule has 5 heteroatoms. The fourth-order valence-corrected chi connectivity index (χ4v) is 2.51. The van der Waals surface area contributed by atoms with Gasteiger partial charge in [0.05, 0.1) is 0 Å². The van der Waals surface area contributed by atoms with E-state index in [1.807, 2.05) is 6.07 Å². The third kappa shape index (κ3) is 4.95. The topological polar surface area (TPSA) is 54.4 Å². The van der Waals surface area contributed by atoms with Crippen LogP contribution < -0.4 is 0 Å². The van der Waals surface area contributed by atoms with Gasteiger partial charge in [0.2, 0.25) is 0 Å². The first-order valence-electron chi connectivity index (χ1n) is 5.98. The Kier molecular flexibility index (Phi) is 6.58. The Morgan fingerprint density at radius 1 is 0.952 bits per heavy atom. The third-order valence-electron chi connectivity index (χ3n) is 2.81. The monoisotopic (exact) mass is 310 g/mol. The van der Waals surface area contributed by atoms with Crippen molar-refractivity contribution in [2.24, 2.45) is 0 Å². The van der Waals surface area contributed by atoms with Gasteiger partial charge in [0.1, 0.15) is 4.91 Å². The Labute approximate surface area is 147 Å². The van der Waals surface area contributed by atoms with Crippen molar-refractivity contribution in [2.45, 2.75) is 0 Å². The van der Waals surface area contributed by atoms with Crippen LogP contribution in [0.2, 0.25) is 0 Å². The summed E-state index contributed by atoms with van der Waals surface area (Å²) in [6, 6.07) is 15.7. The van der Waals surface area contributed by atoms with Crippen LogP contribution in [0.25, 0.3) is 17.1 Å². The quantitative estimate of drug-likeness (QED) is 0.536. The van der Waals surface area contributed by atoms with Gasteiger partial charge in [0.15, 0.2) is 0 Å². The van der Waals surface area contributed by atoms with Crippen LogP contribution >= 0.6 is 0 Å². The van der Waals surface area contributed by atoms with E-state index in [2.05, 4.69) is 6.58 Å². The summed E-state index contributed by atoms with van der Waals surface area (Å²) in [6.45, 7) is 3.64. The predicted octanol–water partition coefficient (Wildman–Crippen LogP) is 3.07. The van der Waals surface area contributed by atoms with Crippen molar-refractivity contribution in [3.8, 4) is 0 Å². The van der Waals surface area contributed by atoms with Crippen LogP contribution in [-0.2, 0) is 10.1 Å². The van der Waals surface area contributed by atoms with E-state index in [0.717, 1.165) is 5.56 Å². The van der Waals surface area contributed by atoms with Crippen molar-refractivity contribution in [1.29, 1.82) is 0 Å². The van der Waals surface area contributed by atoms with Gasteiger partial charge in [0.25, 0.3) is 10.1 Å². The van der Waals surface area contributed by atoms with Crippen LogP contribution in [0.4, 0.5) is 0 Å². The minimum absolute atomic E-state index is 0. The molecule has 0 unspecified atom stereocenters. The number of benzene rings is 2. The molecule has 0 radical (unpaired) electrons. The summed E-state index contributed by atoms with van der Waals surface area (Å²) in [5.41, 5.74) is 2.01. The van der Waals surface area contributed by atoms with E-state index in [1.165, 1.54) is 6.08 Å². The van der Waals surface area contributed by atoms with E-state index in [1.54, 1.807) is 54.6 Å². The molecular formula is C16H15NaO3S. The van der Waals surface area contributed by atoms with Crippen LogP contribution in [0.3, 0.4) is 0 Å². The summed E-state index contributed by atoms with van der Waals surface area (Å²) >= 11 is 0. The molecule has 0 amide bonds. The average Bonchev–Trinajstić information content (AvgIpc) is 2.45. The molecule has 1 N–H and O–H groups in total. The molecule has 0 bridgehead atoms. The average molecular weight is 310 g/mol. The van der Waals surface area contributed by atoms with E-state index < -0.39 is 10.1 Å². The van der Waals surface area contributed by atoms with Crippen molar-refractivity contribution in [3.05, 3.63) is 77.9 Å². The molecule has 3 nitrogen and oxygen atoms in total. The molecule has 2 rings (SSSR count). The second-order valence-electron chi connectivity index (χ2n) is 4.22. The molecule has 0 aliphatic carbocycles. The van der Waals surface area contributed by atoms with Crippen LogP contribution in [0.5, 0.6) is 0 Å². The van der Waals surface area contributed by atoms with Crippen LogP contribution in [0.15, 0.2) is 61.2 Å². The zero-order chi connectivity index (χ0) is 14.6. The number of rotatable bonds is 4. The summed E-state index contributed by atoms with van der Waals surface area (Å²) in [5.74, 6) is 0. The molecule has 2 aromatic rings. The first-order chi connectivity index (χ1) is 9.50. The second kappa shape index (κ2) is 7.73. The third-order valence-corrected chi connectivity index (χ3v) is 3.72. The number of hydrogen-bond donors (Lipinski definition) is 1. The van der Waals surface area contributed by atoms with Gasteiger partial charge in [-0.15, -0.1) is 0 Å². The first-order valence-corrected chi connectivity index (χ1v) is 7.42. The molecule has 0 heterocycles. The zero-order valence-corrected chi connectivity index (χ0v) is 11.5. The Balaban J connectivity index is 0.00000220. The van der Waals surface area contributed by atoms with E-state index in [9.17, 15) is 13.0 Å². The molecule has 2 aromatic carbocycles. The van der Waals surface area contributed by atoms with Crippen LogP contribution in [0, 0.1) is 0 Å². The Bertz CT molecular complexity index is 733. The van der Waals surface area contributed by atoms with E-state index in [0.29, 0.717) is 11.1 Å². The minimum atomic E-state index is -4.30. The van der Waals surface area contributed by atoms with Gasteiger partial charge in [-0.25, -0.2) is 0 Å². The maximum absolute atomic E-state index is 11.6. The summed E-state index contributed by atoms with van der Waals surface area (Å²) in [7, 11) is -4.30. The molecule has 0 aliphatic heterocycles. The van der Waals surface area contributed by atoms with Gasteiger partial charge in [-0.3, -0.25) is 4.55 Å². The van der Waals surface area contributed by atoms with Gasteiger partial charge in [0, 0.05) is 0 Å². The molecular weight excluding hydrogens is 295 g/mol. The van der Waals surface area contributed by atoms with Gasteiger partial charge in [-0.1, -0.05) is 67.3 Å². The molecule has 0 atom stereocenters. The SMILES string of the molecule is C=Cc1ccc(C(=Cc2ccccc2)S(=O)(=O)O)cc1.[NaH]. The van der Waals surface area contributed by atoms with Crippen molar-refractivity contribution >= 4 is 56.7 Å². The van der Waals surface area contributed by atoms with Crippen molar-refractivity contribution in [3.63, 3.8) is 0 Å². The zero-order valence-electron chi connectivity index (χ0n) is 10.7. The van der Waals surface area contributed by atoms with E-state index in [4.69, 9.17) is 0 Å². The van der Waals surface area contributed by atoms with Gasteiger partial charge < -0.3 is 0 Å². The molecule has 0 saturated heterocycles. The Morgan fingerprint density at radius 3 is 2.00 bits per heavy atom. The molecule has 0 fully saturated rings. The maximum atomic E-state index is 11.6. The predicted molar refractivity (Wildman–Crippen MR) is 89.5 cm³/mol. The molecule has 0 aliphatic rings. The molecule has 0 saturated carbocycles. The second-order valence-corrected chi connectivity index (χ2v) is 5.61. The van der Waals surface area contributed by atoms with E-state index >= 15 is 0 Å². The molecule has 0 aromatic heterocycles. The Hall–Kier alpha value is -1.17. The van der Waals surface area contributed by atoms with Gasteiger partial charge >= 0.3 is 29.6 Å². The van der Waals surface area contributed by atoms with Crippen molar-refractivity contribution < 1.29 is 13.0 Å². The van der Waals surface area contributed by atoms with Crippen LogP contribution in [-0.4, -0.2) is 42.5 Å². The van der Waals surface area contributed by atoms with Gasteiger partial charge in [-0.2, -0.15) is 8.42 Å². The van der Waals surface area contributed by atoms with Crippen LogP contribution in [0.1, 0.15) is 16.7 Å². The fraction of sp³-hybridized carbons (Fsp3) is 0. The van der Waals surface area contributed by atoms with Gasteiger partial charge in [-0.05, 0) is 22.8 Å². The molecule has 104 valence electrons. The molecule has 21 heavy (non-hydrogen) atoms. The summed E-state index contributed by atoms with van der Waals surface area (Å²) in [4.78, 5) is -0.126. The summed E-state index contributed by atoms with van der Waals surface area (Å²) in [6.07, 6.45) is 3.11. The van der Waals surface area contributed by atoms with Crippen molar-refractivity contribution in [2.75, 3.05) is 0 Å². The summed E-state index contributed by atoms with van der Waals surface area (Å²) in [5, 5.41) is 0. The summed E-state index contributed by atoms with van der Waals surface area (Å²) < 4.78 is 32.5. The fourth-order valence-electron chi connectivity index (χ4n) is 1.79. The first kappa shape index (κ1) is 17.9. The molecule has 0 spiro atoms. The van der Waals surface area contributed by atoms with Crippen molar-refractivity contribution in [1.82, 2.24) is 0 Å². The Morgan fingerprint density at radius 2 is 1.52 bits per heavy atom. The standard InChI is InChI=1S/C16H14O3S.Na.H/c1-2-13-8-10-15(11-9-13)16(20(17,18)19)12-14-6-4-3-5-7-14;;/h2-12H,1H2,(H,17,18,19);;. The van der Waals surface area contributed by atoms with E-state index in [-0.39, 0.29) is 34.5 Å². The normalized spacial score (nSPS) is 11.6.